The van der Waals surface area contributed by atoms with Gasteiger partial charge in [0.25, 0.3) is 0 Å². The number of aromatic amines is 1. The van der Waals surface area contributed by atoms with Crippen molar-refractivity contribution in [2.75, 3.05) is 5.43 Å². The van der Waals surface area contributed by atoms with Crippen molar-refractivity contribution < 1.29 is 0 Å². The Morgan fingerprint density at radius 3 is 2.70 bits per heavy atom. The summed E-state index contributed by atoms with van der Waals surface area (Å²) in [5.74, 6) is 0.980. The van der Waals surface area contributed by atoms with Crippen LogP contribution in [0.25, 0.3) is 5.57 Å². The highest BCUT2D eigenvalue weighted by Gasteiger charge is 2.27. The van der Waals surface area contributed by atoms with E-state index in [9.17, 15) is 0 Å². The lowest BCUT2D eigenvalue weighted by Gasteiger charge is -2.13. The molecule has 4 nitrogen and oxygen atoms in total. The molecule has 0 spiro atoms. The molecule has 0 aliphatic carbocycles. The van der Waals surface area contributed by atoms with Crippen LogP contribution in [0.4, 0.5) is 5.82 Å². The van der Waals surface area contributed by atoms with E-state index in [0.717, 1.165) is 36.1 Å². The minimum absolute atomic E-state index is 0.0797. The van der Waals surface area contributed by atoms with Crippen molar-refractivity contribution in [2.24, 2.45) is 10.1 Å². The first-order valence-corrected chi connectivity index (χ1v) is 9.56. The maximum Gasteiger partial charge on any atom is 0.131 e. The highest BCUT2D eigenvalue weighted by molar-refractivity contribution is 5.98. The molecule has 2 N–H and O–H groups in total. The Morgan fingerprint density at radius 2 is 1.85 bits per heavy atom. The van der Waals surface area contributed by atoms with Crippen LogP contribution in [-0.2, 0) is 6.42 Å². The summed E-state index contributed by atoms with van der Waals surface area (Å²) in [7, 11) is 0. The molecule has 2 aliphatic rings. The summed E-state index contributed by atoms with van der Waals surface area (Å²) in [6, 6.07) is 19.2. The van der Waals surface area contributed by atoms with Crippen LogP contribution < -0.4 is 16.0 Å². The normalized spacial score (nSPS) is 17.6. The van der Waals surface area contributed by atoms with E-state index in [-0.39, 0.29) is 6.04 Å². The zero-order valence-corrected chi connectivity index (χ0v) is 15.4. The average molecular weight is 354 g/mol. The SMILES string of the molecule is CCC1=NNc2[nH]cc3c2C(=c2ccccc2=NC3Cc2ccccc2)C1. The molecular formula is C23H22N4. The van der Waals surface area contributed by atoms with E-state index in [2.05, 4.69) is 83.2 Å². The van der Waals surface area contributed by atoms with Crippen LogP contribution in [0, 0.1) is 0 Å². The number of rotatable bonds is 3. The molecule has 2 aromatic carbocycles. The van der Waals surface area contributed by atoms with Crippen molar-refractivity contribution in [2.45, 2.75) is 32.2 Å². The third-order valence-corrected chi connectivity index (χ3v) is 5.48. The fourth-order valence-corrected chi connectivity index (χ4v) is 4.09. The van der Waals surface area contributed by atoms with Crippen LogP contribution in [0.1, 0.15) is 42.5 Å². The maximum absolute atomic E-state index is 5.19. The lowest BCUT2D eigenvalue weighted by molar-refractivity contribution is 0.704. The summed E-state index contributed by atoms with van der Waals surface area (Å²) < 4.78 is 0. The van der Waals surface area contributed by atoms with E-state index in [1.165, 1.54) is 27.5 Å². The largest absolute Gasteiger partial charge is 0.346 e. The number of hydrogen-bond donors (Lipinski definition) is 2. The quantitative estimate of drug-likeness (QED) is 0.740. The predicted molar refractivity (Wildman–Crippen MR) is 109 cm³/mol. The second kappa shape index (κ2) is 6.54. The minimum Gasteiger partial charge on any atom is -0.346 e. The third kappa shape index (κ3) is 2.78. The molecule has 2 aliphatic heterocycles. The van der Waals surface area contributed by atoms with Crippen molar-refractivity contribution in [1.29, 1.82) is 0 Å². The molecule has 0 radical (unpaired) electrons. The summed E-state index contributed by atoms with van der Waals surface area (Å²) in [6.45, 7) is 2.16. The molecule has 0 saturated heterocycles. The van der Waals surface area contributed by atoms with Crippen LogP contribution in [0.15, 0.2) is 70.9 Å². The summed E-state index contributed by atoms with van der Waals surface area (Å²) in [5.41, 5.74) is 9.54. The molecule has 3 heterocycles. The number of benzene rings is 2. The first-order chi connectivity index (χ1) is 13.3. The van der Waals surface area contributed by atoms with Gasteiger partial charge in [0, 0.05) is 34.7 Å². The van der Waals surface area contributed by atoms with Gasteiger partial charge in [-0.05, 0) is 30.0 Å². The Kier molecular flexibility index (Phi) is 3.89. The number of nitrogens with one attached hydrogen (secondary N) is 2. The predicted octanol–water partition coefficient (Wildman–Crippen LogP) is 3.71. The zero-order valence-electron chi connectivity index (χ0n) is 15.4. The van der Waals surface area contributed by atoms with E-state index in [4.69, 9.17) is 4.99 Å². The van der Waals surface area contributed by atoms with Gasteiger partial charge < -0.3 is 4.98 Å². The molecule has 1 atom stereocenters. The van der Waals surface area contributed by atoms with Gasteiger partial charge in [-0.25, -0.2) is 0 Å². The van der Waals surface area contributed by atoms with Gasteiger partial charge in [-0.3, -0.25) is 10.4 Å². The van der Waals surface area contributed by atoms with E-state index in [1.807, 2.05) is 0 Å². The number of anilines is 1. The summed E-state index contributed by atoms with van der Waals surface area (Å²) >= 11 is 0. The van der Waals surface area contributed by atoms with Crippen molar-refractivity contribution in [1.82, 2.24) is 4.98 Å². The Labute approximate surface area is 158 Å². The van der Waals surface area contributed by atoms with Gasteiger partial charge in [0.05, 0.1) is 11.4 Å². The summed E-state index contributed by atoms with van der Waals surface area (Å²) in [4.78, 5) is 8.60. The number of aromatic nitrogens is 1. The van der Waals surface area contributed by atoms with Gasteiger partial charge >= 0.3 is 0 Å². The third-order valence-electron chi connectivity index (χ3n) is 5.48. The van der Waals surface area contributed by atoms with Gasteiger partial charge in [-0.1, -0.05) is 55.5 Å². The van der Waals surface area contributed by atoms with Crippen LogP contribution in [0.2, 0.25) is 0 Å². The molecule has 1 aromatic heterocycles. The Balaban J connectivity index is 1.74. The summed E-state index contributed by atoms with van der Waals surface area (Å²) in [6.07, 6.45) is 4.77. The molecule has 1 unspecified atom stereocenters. The number of fused-ring (bicyclic) bond motifs is 1. The van der Waals surface area contributed by atoms with E-state index in [1.54, 1.807) is 0 Å². The standard InChI is InChI=1S/C23H22N4/c1-2-16-13-18-17-10-6-7-11-20(17)25-21(12-15-8-4-3-5-9-15)19-14-24-23(22(18)19)27-26-16/h3-11,14,21,24,27H,2,12-13H2,1H3. The van der Waals surface area contributed by atoms with Crippen LogP contribution in [0.3, 0.4) is 0 Å². The maximum atomic E-state index is 5.19. The fraction of sp³-hybridized carbons (Fsp3) is 0.217. The zero-order chi connectivity index (χ0) is 18.2. The van der Waals surface area contributed by atoms with Gasteiger partial charge in [0.1, 0.15) is 5.82 Å². The topological polar surface area (TPSA) is 52.5 Å². The van der Waals surface area contributed by atoms with Crippen molar-refractivity contribution in [3.63, 3.8) is 0 Å². The summed E-state index contributed by atoms with van der Waals surface area (Å²) in [5, 5.41) is 6.92. The number of hydrogen-bond acceptors (Lipinski definition) is 3. The van der Waals surface area contributed by atoms with Crippen molar-refractivity contribution >= 4 is 17.1 Å². The van der Waals surface area contributed by atoms with Crippen LogP contribution in [-0.4, -0.2) is 10.7 Å². The first kappa shape index (κ1) is 16.1. The molecule has 0 amide bonds. The molecule has 5 rings (SSSR count). The molecule has 0 fully saturated rings. The van der Waals surface area contributed by atoms with E-state index >= 15 is 0 Å². The second-order valence-electron chi connectivity index (χ2n) is 7.14. The molecule has 3 aromatic rings. The molecule has 134 valence electrons. The molecule has 0 saturated carbocycles. The van der Waals surface area contributed by atoms with Gasteiger partial charge in [-0.15, -0.1) is 0 Å². The average Bonchev–Trinajstić information content (AvgIpc) is 2.98. The lowest BCUT2D eigenvalue weighted by Crippen LogP contribution is -2.27. The molecule has 4 heteroatoms. The second-order valence-corrected chi connectivity index (χ2v) is 7.14. The van der Waals surface area contributed by atoms with Crippen molar-refractivity contribution in [3.05, 3.63) is 88.1 Å². The van der Waals surface area contributed by atoms with E-state index < -0.39 is 0 Å². The van der Waals surface area contributed by atoms with Crippen LogP contribution >= 0.6 is 0 Å². The highest BCUT2D eigenvalue weighted by atomic mass is 15.3. The number of para-hydroxylation sites is 1. The number of nitrogens with zero attached hydrogens (tertiary/aromatic N) is 2. The fourth-order valence-electron chi connectivity index (χ4n) is 4.09. The van der Waals surface area contributed by atoms with Crippen LogP contribution in [0.5, 0.6) is 0 Å². The van der Waals surface area contributed by atoms with Gasteiger partial charge in [0.2, 0.25) is 0 Å². The molecule has 0 bridgehead atoms. The number of H-pyrrole nitrogens is 1. The Bertz CT molecular complexity index is 1140. The van der Waals surface area contributed by atoms with Crippen molar-refractivity contribution in [3.8, 4) is 0 Å². The highest BCUT2D eigenvalue weighted by Crippen LogP contribution is 2.37. The van der Waals surface area contributed by atoms with E-state index in [0.29, 0.717) is 0 Å². The molecular weight excluding hydrogens is 332 g/mol. The monoisotopic (exact) mass is 354 g/mol. The first-order valence-electron chi connectivity index (χ1n) is 9.56. The Hall–Kier alpha value is -3.14. The Morgan fingerprint density at radius 1 is 1.04 bits per heavy atom. The van der Waals surface area contributed by atoms with Gasteiger partial charge in [0.15, 0.2) is 0 Å². The number of hydrazone groups is 1. The minimum atomic E-state index is 0.0797. The smallest absolute Gasteiger partial charge is 0.131 e. The lowest BCUT2D eigenvalue weighted by atomic mass is 9.92. The molecule has 27 heavy (non-hydrogen) atoms. The van der Waals surface area contributed by atoms with Gasteiger partial charge in [-0.2, -0.15) is 5.10 Å².